The van der Waals surface area contributed by atoms with E-state index < -0.39 is 5.60 Å². The lowest BCUT2D eigenvalue weighted by molar-refractivity contribution is 0.00313. The van der Waals surface area contributed by atoms with E-state index in [1.807, 2.05) is 16.7 Å². The van der Waals surface area contributed by atoms with Crippen molar-refractivity contribution in [2.24, 2.45) is 0 Å². The van der Waals surface area contributed by atoms with Crippen LogP contribution in [0.3, 0.4) is 0 Å². The minimum Gasteiger partial charge on any atom is -0.441 e. The fourth-order valence-corrected chi connectivity index (χ4v) is 3.80. The number of nitrogens with zero attached hydrogens (tertiary/aromatic N) is 4. The SMILES string of the molecule is CCCCCCN1CC2(CCN(C(=O)c3cnn(CC)c3)CC2)OC1=O. The zero-order valence-corrected chi connectivity index (χ0v) is 15.9. The first kappa shape index (κ1) is 18.7. The van der Waals surface area contributed by atoms with E-state index in [0.29, 0.717) is 38.0 Å². The predicted molar refractivity (Wildman–Crippen MR) is 98.0 cm³/mol. The molecule has 0 unspecified atom stereocenters. The maximum absolute atomic E-state index is 12.6. The fourth-order valence-electron chi connectivity index (χ4n) is 3.80. The quantitative estimate of drug-likeness (QED) is 0.700. The Hall–Kier alpha value is -2.05. The van der Waals surface area contributed by atoms with Crippen LogP contribution in [0.15, 0.2) is 12.4 Å². The first-order valence-corrected chi connectivity index (χ1v) is 9.86. The largest absolute Gasteiger partial charge is 0.441 e. The van der Waals surface area contributed by atoms with Gasteiger partial charge in [0.25, 0.3) is 5.91 Å². The Bertz CT molecular complexity index is 634. The molecular weight excluding hydrogens is 332 g/mol. The van der Waals surface area contributed by atoms with Crippen LogP contribution >= 0.6 is 0 Å². The van der Waals surface area contributed by atoms with Crippen LogP contribution in [0.2, 0.25) is 0 Å². The number of unbranched alkanes of at least 4 members (excludes halogenated alkanes) is 3. The normalized spacial score (nSPS) is 19.2. The molecule has 1 aromatic rings. The molecule has 26 heavy (non-hydrogen) atoms. The molecule has 2 aliphatic rings. The molecule has 2 fully saturated rings. The number of amides is 2. The Labute approximate surface area is 155 Å². The van der Waals surface area contributed by atoms with Crippen molar-refractivity contribution in [3.63, 3.8) is 0 Å². The Morgan fingerprint density at radius 2 is 2.00 bits per heavy atom. The van der Waals surface area contributed by atoms with Crippen LogP contribution < -0.4 is 0 Å². The van der Waals surface area contributed by atoms with Crippen LogP contribution in [0.25, 0.3) is 0 Å². The van der Waals surface area contributed by atoms with Crippen LogP contribution in [0.1, 0.15) is 62.7 Å². The molecule has 0 bridgehead atoms. The van der Waals surface area contributed by atoms with Crippen LogP contribution in [0, 0.1) is 0 Å². The van der Waals surface area contributed by atoms with Gasteiger partial charge in [-0.25, -0.2) is 4.79 Å². The maximum atomic E-state index is 12.6. The van der Waals surface area contributed by atoms with E-state index in [1.54, 1.807) is 17.1 Å². The van der Waals surface area contributed by atoms with E-state index >= 15 is 0 Å². The lowest BCUT2D eigenvalue weighted by Crippen LogP contribution is -2.48. The summed E-state index contributed by atoms with van der Waals surface area (Å²) in [5, 5.41) is 4.18. The minimum absolute atomic E-state index is 0.0142. The summed E-state index contributed by atoms with van der Waals surface area (Å²) in [6.45, 7) is 7.60. The molecule has 2 amide bonds. The van der Waals surface area contributed by atoms with E-state index in [1.165, 1.54) is 12.8 Å². The van der Waals surface area contributed by atoms with Gasteiger partial charge in [-0.3, -0.25) is 9.48 Å². The lowest BCUT2D eigenvalue weighted by atomic mass is 9.91. The number of aryl methyl sites for hydroxylation is 1. The average molecular weight is 362 g/mol. The van der Waals surface area contributed by atoms with Gasteiger partial charge in [0.15, 0.2) is 0 Å². The van der Waals surface area contributed by atoms with E-state index in [0.717, 1.165) is 25.9 Å². The molecule has 1 spiro atoms. The number of hydrogen-bond donors (Lipinski definition) is 0. The third-order valence-electron chi connectivity index (χ3n) is 5.49. The highest BCUT2D eigenvalue weighted by atomic mass is 16.6. The predicted octanol–water partition coefficient (Wildman–Crippen LogP) is 2.91. The fraction of sp³-hybridized carbons (Fsp3) is 0.737. The van der Waals surface area contributed by atoms with Gasteiger partial charge in [-0.1, -0.05) is 26.2 Å². The van der Waals surface area contributed by atoms with Crippen molar-refractivity contribution < 1.29 is 14.3 Å². The second-order valence-electron chi connectivity index (χ2n) is 7.41. The van der Waals surface area contributed by atoms with Gasteiger partial charge in [0.1, 0.15) is 5.60 Å². The van der Waals surface area contributed by atoms with Crippen LogP contribution in [0.4, 0.5) is 4.79 Å². The number of carbonyl (C=O) groups excluding carboxylic acids is 2. The molecule has 0 aromatic carbocycles. The molecule has 0 saturated carbocycles. The summed E-state index contributed by atoms with van der Waals surface area (Å²) in [6, 6.07) is 0. The number of likely N-dealkylation sites (tertiary alicyclic amines) is 1. The molecule has 0 aliphatic carbocycles. The highest BCUT2D eigenvalue weighted by Gasteiger charge is 2.47. The molecule has 0 N–H and O–H groups in total. The summed E-state index contributed by atoms with van der Waals surface area (Å²) >= 11 is 0. The molecule has 2 saturated heterocycles. The van der Waals surface area contributed by atoms with E-state index in [2.05, 4.69) is 12.0 Å². The number of aromatic nitrogens is 2. The second-order valence-corrected chi connectivity index (χ2v) is 7.41. The summed E-state index contributed by atoms with van der Waals surface area (Å²) < 4.78 is 7.51. The van der Waals surface area contributed by atoms with Crippen molar-refractivity contribution in [2.45, 2.75) is 64.5 Å². The molecule has 0 radical (unpaired) electrons. The summed E-state index contributed by atoms with van der Waals surface area (Å²) in [4.78, 5) is 28.5. The van der Waals surface area contributed by atoms with Gasteiger partial charge < -0.3 is 14.5 Å². The van der Waals surface area contributed by atoms with Crippen molar-refractivity contribution >= 4 is 12.0 Å². The molecule has 3 heterocycles. The number of carbonyl (C=O) groups is 2. The van der Waals surface area contributed by atoms with Gasteiger partial charge in [-0.2, -0.15) is 5.10 Å². The molecule has 144 valence electrons. The Morgan fingerprint density at radius 1 is 1.23 bits per heavy atom. The van der Waals surface area contributed by atoms with Crippen molar-refractivity contribution in [2.75, 3.05) is 26.2 Å². The number of rotatable bonds is 7. The summed E-state index contributed by atoms with van der Waals surface area (Å²) in [7, 11) is 0. The first-order valence-electron chi connectivity index (χ1n) is 9.86. The highest BCUT2D eigenvalue weighted by molar-refractivity contribution is 5.93. The Kier molecular flexibility index (Phi) is 5.84. The van der Waals surface area contributed by atoms with Gasteiger partial charge in [0.05, 0.1) is 18.3 Å². The van der Waals surface area contributed by atoms with E-state index in [4.69, 9.17) is 4.74 Å². The standard InChI is InChI=1S/C19H30N4O3/c1-3-5-6-7-10-22-15-19(26-18(22)25)8-11-21(12-9-19)17(24)16-13-20-23(4-2)14-16/h13-14H,3-12,15H2,1-2H3. The molecular formula is C19H30N4O3. The molecule has 0 atom stereocenters. The smallest absolute Gasteiger partial charge is 0.410 e. The van der Waals surface area contributed by atoms with Gasteiger partial charge in [0, 0.05) is 45.2 Å². The third-order valence-corrected chi connectivity index (χ3v) is 5.49. The first-order chi connectivity index (χ1) is 12.6. The van der Waals surface area contributed by atoms with E-state index in [-0.39, 0.29) is 12.0 Å². The molecule has 2 aliphatic heterocycles. The maximum Gasteiger partial charge on any atom is 0.410 e. The van der Waals surface area contributed by atoms with Gasteiger partial charge in [-0.15, -0.1) is 0 Å². The highest BCUT2D eigenvalue weighted by Crippen LogP contribution is 2.33. The van der Waals surface area contributed by atoms with Crippen LogP contribution in [-0.4, -0.2) is 63.4 Å². The van der Waals surface area contributed by atoms with Crippen molar-refractivity contribution in [1.29, 1.82) is 0 Å². The van der Waals surface area contributed by atoms with Crippen LogP contribution in [-0.2, 0) is 11.3 Å². The molecule has 3 rings (SSSR count). The van der Waals surface area contributed by atoms with Crippen molar-refractivity contribution in [1.82, 2.24) is 19.6 Å². The van der Waals surface area contributed by atoms with Crippen molar-refractivity contribution in [3.8, 4) is 0 Å². The average Bonchev–Trinajstić information content (AvgIpc) is 3.24. The molecule has 7 heteroatoms. The summed E-state index contributed by atoms with van der Waals surface area (Å²) in [6.07, 6.45) is 9.23. The van der Waals surface area contributed by atoms with Crippen molar-refractivity contribution in [3.05, 3.63) is 18.0 Å². The van der Waals surface area contributed by atoms with Crippen LogP contribution in [0.5, 0.6) is 0 Å². The monoisotopic (exact) mass is 362 g/mol. The van der Waals surface area contributed by atoms with Gasteiger partial charge in [-0.05, 0) is 13.3 Å². The summed E-state index contributed by atoms with van der Waals surface area (Å²) in [5.74, 6) is 0.0142. The molecule has 1 aromatic heterocycles. The topological polar surface area (TPSA) is 67.7 Å². The molecule has 7 nitrogen and oxygen atoms in total. The lowest BCUT2D eigenvalue weighted by Gasteiger charge is -2.37. The third kappa shape index (κ3) is 4.02. The zero-order chi connectivity index (χ0) is 18.6. The van der Waals surface area contributed by atoms with Gasteiger partial charge >= 0.3 is 6.09 Å². The van der Waals surface area contributed by atoms with E-state index in [9.17, 15) is 9.59 Å². The number of hydrogen-bond acceptors (Lipinski definition) is 4. The Balaban J connectivity index is 1.51. The minimum atomic E-state index is -0.410. The number of ether oxygens (including phenoxy) is 1. The zero-order valence-electron chi connectivity index (χ0n) is 15.9. The number of piperidine rings is 1. The summed E-state index contributed by atoms with van der Waals surface area (Å²) in [5.41, 5.74) is 0.218. The van der Waals surface area contributed by atoms with Gasteiger partial charge in [0.2, 0.25) is 0 Å². The Morgan fingerprint density at radius 3 is 2.65 bits per heavy atom. The second kappa shape index (κ2) is 8.10.